The van der Waals surface area contributed by atoms with Gasteiger partial charge in [0, 0.05) is 0 Å². The molecule has 4 heteroatoms. The number of methoxy groups -OCH3 is 1. The van der Waals surface area contributed by atoms with Crippen molar-refractivity contribution < 1.29 is 14.6 Å². The molecule has 106 valence electrons. The first-order valence-corrected chi connectivity index (χ1v) is 6.71. The zero-order chi connectivity index (χ0) is 14.5. The Hall–Kier alpha value is -1.71. The molecule has 0 spiro atoms. The Kier molecular flexibility index (Phi) is 4.88. The van der Waals surface area contributed by atoms with Crippen molar-refractivity contribution in [2.75, 3.05) is 7.11 Å². The molecule has 2 rings (SSSR count). The van der Waals surface area contributed by atoms with E-state index in [2.05, 4.69) is 0 Å². The van der Waals surface area contributed by atoms with Crippen LogP contribution in [0.25, 0.3) is 0 Å². The molecule has 0 aliphatic heterocycles. The lowest BCUT2D eigenvalue weighted by molar-refractivity contribution is 0.199. The van der Waals surface area contributed by atoms with Gasteiger partial charge in [-0.3, -0.25) is 0 Å². The third-order valence-corrected chi connectivity index (χ3v) is 3.26. The number of hydrogen-bond acceptors (Lipinski definition) is 3. The highest BCUT2D eigenvalue weighted by Gasteiger charge is 2.07. The van der Waals surface area contributed by atoms with E-state index >= 15 is 0 Å². The zero-order valence-corrected chi connectivity index (χ0v) is 12.2. The topological polar surface area (TPSA) is 38.7 Å². The van der Waals surface area contributed by atoms with Crippen molar-refractivity contribution in [3.8, 4) is 11.5 Å². The Morgan fingerprint density at radius 3 is 2.65 bits per heavy atom. The van der Waals surface area contributed by atoms with E-state index in [0.717, 1.165) is 16.9 Å². The third-order valence-electron chi connectivity index (χ3n) is 2.97. The van der Waals surface area contributed by atoms with Gasteiger partial charge in [0.2, 0.25) is 0 Å². The minimum atomic E-state index is -0.542. The molecule has 0 aliphatic rings. The first kappa shape index (κ1) is 14.7. The van der Waals surface area contributed by atoms with Gasteiger partial charge in [-0.15, -0.1) is 0 Å². The van der Waals surface area contributed by atoms with E-state index in [4.69, 9.17) is 21.1 Å². The summed E-state index contributed by atoms with van der Waals surface area (Å²) in [6.45, 7) is 2.10. The molecule has 20 heavy (non-hydrogen) atoms. The Labute approximate surface area is 123 Å². The van der Waals surface area contributed by atoms with Gasteiger partial charge in [-0.25, -0.2) is 0 Å². The maximum absolute atomic E-state index is 9.49. The van der Waals surface area contributed by atoms with E-state index in [9.17, 15) is 5.11 Å². The first-order valence-electron chi connectivity index (χ1n) is 6.33. The predicted molar refractivity (Wildman–Crippen MR) is 79.4 cm³/mol. The number of aliphatic hydroxyl groups excluding tert-OH is 1. The third kappa shape index (κ3) is 3.65. The molecule has 0 saturated heterocycles. The molecule has 0 aliphatic carbocycles. The highest BCUT2D eigenvalue weighted by molar-refractivity contribution is 6.32. The molecule has 2 aromatic rings. The van der Waals surface area contributed by atoms with E-state index in [-0.39, 0.29) is 0 Å². The zero-order valence-electron chi connectivity index (χ0n) is 11.5. The summed E-state index contributed by atoms with van der Waals surface area (Å²) in [5, 5.41) is 9.98. The van der Waals surface area contributed by atoms with Crippen LogP contribution in [0.15, 0.2) is 42.5 Å². The van der Waals surface area contributed by atoms with Crippen LogP contribution in [0.2, 0.25) is 5.02 Å². The fourth-order valence-electron chi connectivity index (χ4n) is 1.82. The van der Waals surface area contributed by atoms with Crippen molar-refractivity contribution in [3.05, 3.63) is 58.6 Å². The molecular weight excluding hydrogens is 276 g/mol. The van der Waals surface area contributed by atoms with Crippen molar-refractivity contribution in [3.63, 3.8) is 0 Å². The molecular formula is C16H17ClO3. The number of benzene rings is 2. The summed E-state index contributed by atoms with van der Waals surface area (Å²) in [6, 6.07) is 13.0. The molecule has 0 saturated carbocycles. The van der Waals surface area contributed by atoms with Crippen molar-refractivity contribution in [1.29, 1.82) is 0 Å². The maximum atomic E-state index is 9.49. The monoisotopic (exact) mass is 292 g/mol. The van der Waals surface area contributed by atoms with Gasteiger partial charge in [-0.05, 0) is 42.3 Å². The van der Waals surface area contributed by atoms with Crippen LogP contribution in [0, 0.1) is 0 Å². The highest BCUT2D eigenvalue weighted by atomic mass is 35.5. The van der Waals surface area contributed by atoms with Gasteiger partial charge < -0.3 is 14.6 Å². The van der Waals surface area contributed by atoms with Gasteiger partial charge in [0.25, 0.3) is 0 Å². The van der Waals surface area contributed by atoms with E-state index in [0.29, 0.717) is 17.4 Å². The number of ether oxygens (including phenoxy) is 2. The molecule has 0 bridgehead atoms. The molecule has 0 fully saturated rings. The second kappa shape index (κ2) is 6.64. The first-order chi connectivity index (χ1) is 9.60. The molecule has 1 unspecified atom stereocenters. The maximum Gasteiger partial charge on any atom is 0.138 e. The second-order valence-corrected chi connectivity index (χ2v) is 4.91. The minimum absolute atomic E-state index is 0.408. The molecule has 1 atom stereocenters. The lowest BCUT2D eigenvalue weighted by Gasteiger charge is -2.11. The number of halogens is 1. The number of aliphatic hydroxyl groups is 1. The van der Waals surface area contributed by atoms with E-state index in [1.54, 1.807) is 32.2 Å². The van der Waals surface area contributed by atoms with Gasteiger partial charge >= 0.3 is 0 Å². The molecule has 1 N–H and O–H groups in total. The molecule has 0 heterocycles. The molecule has 3 nitrogen and oxygen atoms in total. The van der Waals surface area contributed by atoms with Gasteiger partial charge in [0.1, 0.15) is 18.1 Å². The van der Waals surface area contributed by atoms with Crippen LogP contribution in [0.4, 0.5) is 0 Å². The Morgan fingerprint density at radius 2 is 2.00 bits per heavy atom. The van der Waals surface area contributed by atoms with E-state index in [1.807, 2.05) is 24.3 Å². The second-order valence-electron chi connectivity index (χ2n) is 4.51. The van der Waals surface area contributed by atoms with Crippen LogP contribution in [0.5, 0.6) is 11.5 Å². The van der Waals surface area contributed by atoms with E-state index < -0.39 is 6.10 Å². The Morgan fingerprint density at radius 1 is 1.20 bits per heavy atom. The van der Waals surface area contributed by atoms with Crippen LogP contribution in [0.3, 0.4) is 0 Å². The number of rotatable bonds is 5. The smallest absolute Gasteiger partial charge is 0.138 e. The fourth-order valence-corrected chi connectivity index (χ4v) is 2.06. The van der Waals surface area contributed by atoms with Crippen molar-refractivity contribution in [2.45, 2.75) is 19.6 Å². The van der Waals surface area contributed by atoms with Crippen molar-refractivity contribution in [2.24, 2.45) is 0 Å². The van der Waals surface area contributed by atoms with Crippen LogP contribution < -0.4 is 9.47 Å². The lowest BCUT2D eigenvalue weighted by atomic mass is 10.1. The van der Waals surface area contributed by atoms with Crippen LogP contribution in [-0.2, 0) is 6.61 Å². The van der Waals surface area contributed by atoms with Gasteiger partial charge in [0.15, 0.2) is 0 Å². The lowest BCUT2D eigenvalue weighted by Crippen LogP contribution is -1.98. The molecule has 2 aromatic carbocycles. The summed E-state index contributed by atoms with van der Waals surface area (Å²) in [4.78, 5) is 0. The standard InChI is InChI=1S/C16H17ClO3/c1-11(18)13-6-7-16(15(17)9-13)20-10-12-4-3-5-14(8-12)19-2/h3-9,11,18H,10H2,1-2H3. The van der Waals surface area contributed by atoms with Crippen LogP contribution in [-0.4, -0.2) is 12.2 Å². The highest BCUT2D eigenvalue weighted by Crippen LogP contribution is 2.28. The summed E-state index contributed by atoms with van der Waals surface area (Å²) in [6.07, 6.45) is -0.542. The normalized spacial score (nSPS) is 12.0. The molecule has 0 amide bonds. The Bertz CT molecular complexity index is 582. The van der Waals surface area contributed by atoms with Gasteiger partial charge in [-0.1, -0.05) is 29.8 Å². The summed E-state index contributed by atoms with van der Waals surface area (Å²) in [5.41, 5.74) is 1.77. The summed E-state index contributed by atoms with van der Waals surface area (Å²) in [7, 11) is 1.63. The van der Waals surface area contributed by atoms with Crippen molar-refractivity contribution >= 4 is 11.6 Å². The van der Waals surface area contributed by atoms with Crippen LogP contribution in [0.1, 0.15) is 24.2 Å². The largest absolute Gasteiger partial charge is 0.497 e. The predicted octanol–water partition coefficient (Wildman–Crippen LogP) is 3.98. The summed E-state index contributed by atoms with van der Waals surface area (Å²) in [5.74, 6) is 1.39. The summed E-state index contributed by atoms with van der Waals surface area (Å²) < 4.78 is 10.9. The summed E-state index contributed by atoms with van der Waals surface area (Å²) >= 11 is 6.14. The van der Waals surface area contributed by atoms with E-state index in [1.165, 1.54) is 0 Å². The van der Waals surface area contributed by atoms with Crippen LogP contribution >= 0.6 is 11.6 Å². The van der Waals surface area contributed by atoms with Gasteiger partial charge in [0.05, 0.1) is 18.2 Å². The average molecular weight is 293 g/mol. The Balaban J connectivity index is 2.07. The molecule has 0 aromatic heterocycles. The van der Waals surface area contributed by atoms with Gasteiger partial charge in [-0.2, -0.15) is 0 Å². The number of hydrogen-bond donors (Lipinski definition) is 1. The quantitative estimate of drug-likeness (QED) is 0.906. The SMILES string of the molecule is COc1cccc(COc2ccc(C(C)O)cc2Cl)c1. The average Bonchev–Trinajstić information content (AvgIpc) is 2.46. The fraction of sp³-hybridized carbons (Fsp3) is 0.250. The minimum Gasteiger partial charge on any atom is -0.497 e. The molecule has 0 radical (unpaired) electrons. The van der Waals surface area contributed by atoms with Crippen molar-refractivity contribution in [1.82, 2.24) is 0 Å².